The van der Waals surface area contributed by atoms with Crippen LogP contribution in [0.25, 0.3) is 0 Å². The van der Waals surface area contributed by atoms with Crippen molar-refractivity contribution in [3.8, 4) is 0 Å². The number of nitrogens with zero attached hydrogens (tertiary/aromatic N) is 1. The van der Waals surface area contributed by atoms with Gasteiger partial charge in [-0.3, -0.25) is 4.79 Å². The number of morpholine rings is 1. The minimum atomic E-state index is -0.571. The zero-order chi connectivity index (χ0) is 17.5. The minimum Gasteiger partial charge on any atom is -0.452 e. The van der Waals surface area contributed by atoms with Crippen LogP contribution in [-0.2, 0) is 14.3 Å². The van der Waals surface area contributed by atoms with Gasteiger partial charge in [0.25, 0.3) is 5.91 Å². The Labute approximate surface area is 141 Å². The Morgan fingerprint density at radius 2 is 1.96 bits per heavy atom. The number of anilines is 1. The zero-order valence-electron chi connectivity index (χ0n) is 14.0. The number of carbonyl (C=O) groups excluding carboxylic acids is 2. The summed E-state index contributed by atoms with van der Waals surface area (Å²) in [5, 5.41) is 11.8. The summed E-state index contributed by atoms with van der Waals surface area (Å²) in [5.41, 5.74) is 0.903. The van der Waals surface area contributed by atoms with Gasteiger partial charge in [-0.1, -0.05) is 12.1 Å². The molecule has 1 heterocycles. The fourth-order valence-corrected chi connectivity index (χ4v) is 2.68. The molecule has 1 aliphatic rings. The molecular formula is C17H24N2O5. The van der Waals surface area contributed by atoms with E-state index in [1.165, 1.54) is 0 Å². The van der Waals surface area contributed by atoms with Crippen LogP contribution < -0.4 is 5.32 Å². The first-order valence-corrected chi connectivity index (χ1v) is 8.05. The number of aliphatic hydroxyl groups is 1. The number of nitrogens with one attached hydrogen (secondary N) is 1. The van der Waals surface area contributed by atoms with Crippen molar-refractivity contribution in [3.05, 3.63) is 29.8 Å². The minimum absolute atomic E-state index is 0.0307. The van der Waals surface area contributed by atoms with Crippen LogP contribution in [0.3, 0.4) is 0 Å². The molecule has 7 nitrogen and oxygen atoms in total. The van der Waals surface area contributed by atoms with Crippen LogP contribution >= 0.6 is 0 Å². The summed E-state index contributed by atoms with van der Waals surface area (Å²) in [6.07, 6.45) is -0.0615. The van der Waals surface area contributed by atoms with Crippen LogP contribution in [0.1, 0.15) is 24.2 Å². The molecule has 0 aromatic heterocycles. The van der Waals surface area contributed by atoms with Gasteiger partial charge in [0.15, 0.2) is 6.61 Å². The van der Waals surface area contributed by atoms with E-state index in [9.17, 15) is 9.59 Å². The van der Waals surface area contributed by atoms with E-state index in [0.29, 0.717) is 30.9 Å². The smallest absolute Gasteiger partial charge is 0.340 e. The lowest BCUT2D eigenvalue weighted by Crippen LogP contribution is -2.49. The Bertz CT molecular complexity index is 568. The standard InChI is InChI=1S/C17H24N2O5/c1-12-9-19(10-13(2)24-12)16(21)11-23-17(22)14-5-3-4-6-15(14)18-7-8-20/h3-6,12-13,18,20H,7-11H2,1-2H3/t12-,13-/m0/s1. The first-order valence-electron chi connectivity index (χ1n) is 8.05. The molecule has 1 aliphatic heterocycles. The van der Waals surface area contributed by atoms with Crippen LogP contribution in [0.5, 0.6) is 0 Å². The van der Waals surface area contributed by atoms with Crippen molar-refractivity contribution in [1.29, 1.82) is 0 Å². The van der Waals surface area contributed by atoms with E-state index in [0.717, 1.165) is 0 Å². The molecule has 1 amide bonds. The molecule has 2 atom stereocenters. The van der Waals surface area contributed by atoms with Gasteiger partial charge in [0.05, 0.1) is 24.4 Å². The number of para-hydroxylation sites is 1. The number of esters is 1. The van der Waals surface area contributed by atoms with E-state index in [1.807, 2.05) is 13.8 Å². The molecule has 7 heteroatoms. The first-order chi connectivity index (χ1) is 11.5. The molecule has 0 aliphatic carbocycles. The van der Waals surface area contributed by atoms with Gasteiger partial charge >= 0.3 is 5.97 Å². The highest BCUT2D eigenvalue weighted by Crippen LogP contribution is 2.16. The van der Waals surface area contributed by atoms with Gasteiger partial charge in [-0.2, -0.15) is 0 Å². The lowest BCUT2D eigenvalue weighted by atomic mass is 10.2. The Hall–Kier alpha value is -2.12. The third-order valence-corrected chi connectivity index (χ3v) is 3.67. The molecule has 132 valence electrons. The average molecular weight is 336 g/mol. The van der Waals surface area contributed by atoms with Crippen LogP contribution in [0.4, 0.5) is 5.69 Å². The lowest BCUT2D eigenvalue weighted by Gasteiger charge is -2.35. The van der Waals surface area contributed by atoms with Crippen molar-refractivity contribution >= 4 is 17.6 Å². The van der Waals surface area contributed by atoms with Crippen molar-refractivity contribution in [3.63, 3.8) is 0 Å². The Morgan fingerprint density at radius 1 is 1.29 bits per heavy atom. The van der Waals surface area contributed by atoms with Crippen LogP contribution in [-0.4, -0.2) is 66.9 Å². The highest BCUT2D eigenvalue weighted by molar-refractivity contribution is 5.96. The normalized spacial score (nSPS) is 20.5. The molecule has 24 heavy (non-hydrogen) atoms. The number of ether oxygens (including phenoxy) is 2. The van der Waals surface area contributed by atoms with Gasteiger partial charge in [-0.15, -0.1) is 0 Å². The summed E-state index contributed by atoms with van der Waals surface area (Å²) in [5.74, 6) is -0.801. The fourth-order valence-electron chi connectivity index (χ4n) is 2.68. The summed E-state index contributed by atoms with van der Waals surface area (Å²) in [4.78, 5) is 26.1. The SMILES string of the molecule is C[C@H]1CN(C(=O)COC(=O)c2ccccc2NCCO)C[C@H](C)O1. The summed E-state index contributed by atoms with van der Waals surface area (Å²) in [7, 11) is 0. The topological polar surface area (TPSA) is 88.1 Å². The summed E-state index contributed by atoms with van der Waals surface area (Å²) >= 11 is 0. The maximum absolute atomic E-state index is 12.2. The zero-order valence-corrected chi connectivity index (χ0v) is 14.0. The van der Waals surface area contributed by atoms with Gasteiger partial charge < -0.3 is 24.8 Å². The molecule has 0 saturated carbocycles. The molecule has 1 aromatic carbocycles. The van der Waals surface area contributed by atoms with Gasteiger partial charge in [0.2, 0.25) is 0 Å². The van der Waals surface area contributed by atoms with E-state index in [4.69, 9.17) is 14.6 Å². The molecular weight excluding hydrogens is 312 g/mol. The van der Waals surface area contributed by atoms with Gasteiger partial charge in [-0.25, -0.2) is 4.79 Å². The number of amides is 1. The molecule has 2 N–H and O–H groups in total. The van der Waals surface area contributed by atoms with Crippen LogP contribution in [0, 0.1) is 0 Å². The van der Waals surface area contributed by atoms with Crippen LogP contribution in [0.2, 0.25) is 0 Å². The molecule has 0 radical (unpaired) electrons. The Kier molecular flexibility index (Phi) is 6.57. The largest absolute Gasteiger partial charge is 0.452 e. The van der Waals surface area contributed by atoms with E-state index >= 15 is 0 Å². The van der Waals surface area contributed by atoms with Crippen molar-refractivity contribution in [2.24, 2.45) is 0 Å². The molecule has 0 unspecified atom stereocenters. The second kappa shape index (κ2) is 8.65. The molecule has 2 rings (SSSR count). The molecule has 1 fully saturated rings. The number of hydrogen-bond acceptors (Lipinski definition) is 6. The second-order valence-corrected chi connectivity index (χ2v) is 5.83. The van der Waals surface area contributed by atoms with E-state index < -0.39 is 5.97 Å². The van der Waals surface area contributed by atoms with Crippen LogP contribution in [0.15, 0.2) is 24.3 Å². The Balaban J connectivity index is 1.92. The third-order valence-electron chi connectivity index (χ3n) is 3.67. The molecule has 1 aromatic rings. The first kappa shape index (κ1) is 18.2. The monoisotopic (exact) mass is 336 g/mol. The quantitative estimate of drug-likeness (QED) is 0.750. The highest BCUT2D eigenvalue weighted by Gasteiger charge is 2.26. The maximum atomic E-state index is 12.2. The summed E-state index contributed by atoms with van der Waals surface area (Å²) in [6.45, 7) is 4.79. The third kappa shape index (κ3) is 4.94. The second-order valence-electron chi connectivity index (χ2n) is 5.83. The van der Waals surface area contributed by atoms with Crippen molar-refractivity contribution < 1.29 is 24.2 Å². The van der Waals surface area contributed by atoms with E-state index in [-0.39, 0.29) is 31.3 Å². The number of benzene rings is 1. The van der Waals surface area contributed by atoms with E-state index in [1.54, 1.807) is 29.2 Å². The Morgan fingerprint density at radius 3 is 2.62 bits per heavy atom. The lowest BCUT2D eigenvalue weighted by molar-refractivity contribution is -0.146. The van der Waals surface area contributed by atoms with Gasteiger partial charge in [-0.05, 0) is 26.0 Å². The highest BCUT2D eigenvalue weighted by atomic mass is 16.5. The number of hydrogen-bond donors (Lipinski definition) is 2. The number of aliphatic hydroxyl groups excluding tert-OH is 1. The molecule has 1 saturated heterocycles. The predicted octanol–water partition coefficient (Wildman–Crippen LogP) is 0.883. The summed E-state index contributed by atoms with van der Waals surface area (Å²) < 4.78 is 10.7. The van der Waals surface area contributed by atoms with Gasteiger partial charge in [0, 0.05) is 25.3 Å². The maximum Gasteiger partial charge on any atom is 0.340 e. The van der Waals surface area contributed by atoms with Gasteiger partial charge in [0.1, 0.15) is 0 Å². The molecule has 0 spiro atoms. The number of rotatable bonds is 6. The van der Waals surface area contributed by atoms with Crippen molar-refractivity contribution in [2.45, 2.75) is 26.1 Å². The predicted molar refractivity (Wildman–Crippen MR) is 88.9 cm³/mol. The fraction of sp³-hybridized carbons (Fsp3) is 0.529. The molecule has 0 bridgehead atoms. The summed E-state index contributed by atoms with van der Waals surface area (Å²) in [6, 6.07) is 6.83. The van der Waals surface area contributed by atoms with Crippen molar-refractivity contribution in [1.82, 2.24) is 4.90 Å². The number of carbonyl (C=O) groups is 2. The van der Waals surface area contributed by atoms with E-state index in [2.05, 4.69) is 5.32 Å². The average Bonchev–Trinajstić information content (AvgIpc) is 2.57. The van der Waals surface area contributed by atoms with Crippen molar-refractivity contribution in [2.75, 3.05) is 38.2 Å².